The van der Waals surface area contributed by atoms with Gasteiger partial charge in [-0.25, -0.2) is 0 Å². The van der Waals surface area contributed by atoms with Crippen molar-refractivity contribution in [2.24, 2.45) is 0 Å². The van der Waals surface area contributed by atoms with Crippen LogP contribution in [0.15, 0.2) is 48.5 Å². The summed E-state index contributed by atoms with van der Waals surface area (Å²) >= 11 is 0. The topological polar surface area (TPSA) is 41.1 Å². The fourth-order valence-corrected chi connectivity index (χ4v) is 2.10. The molecule has 0 saturated heterocycles. The van der Waals surface area contributed by atoms with E-state index in [2.05, 4.69) is 10.6 Å². The van der Waals surface area contributed by atoms with Gasteiger partial charge < -0.3 is 10.6 Å². The summed E-state index contributed by atoms with van der Waals surface area (Å²) in [6.07, 6.45) is 0. The number of benzene rings is 2. The zero-order valence-corrected chi connectivity index (χ0v) is 13.0. The van der Waals surface area contributed by atoms with Crippen molar-refractivity contribution in [2.75, 3.05) is 10.6 Å². The Labute approximate surface area is 126 Å². The number of carbonyl (C=O) groups is 1. The van der Waals surface area contributed by atoms with Crippen LogP contribution in [-0.2, 0) is 4.79 Å². The Morgan fingerprint density at radius 3 is 1.86 bits per heavy atom. The largest absolute Gasteiger partial charge is 0.371 e. The van der Waals surface area contributed by atoms with Crippen molar-refractivity contribution in [1.82, 2.24) is 0 Å². The van der Waals surface area contributed by atoms with Crippen LogP contribution in [-0.4, -0.2) is 11.4 Å². The number of amides is 1. The zero-order chi connectivity index (χ0) is 15.5. The van der Waals surface area contributed by atoms with Crippen molar-refractivity contribution in [3.8, 4) is 0 Å². The molecule has 0 unspecified atom stereocenters. The standard InChI is InChI=1S/C18H22N2O/c1-13-9-5-7-11-15(13)19-17(21)18(3,4)20-16-12-8-6-10-14(16)2/h5-12,20H,1-4H3,(H,19,21). The molecular formula is C18H22N2O. The molecule has 0 atom stereocenters. The van der Waals surface area contributed by atoms with Crippen LogP contribution < -0.4 is 10.6 Å². The van der Waals surface area contributed by atoms with Crippen LogP contribution in [0.3, 0.4) is 0 Å². The molecule has 110 valence electrons. The monoisotopic (exact) mass is 282 g/mol. The Kier molecular flexibility index (Phi) is 4.32. The van der Waals surface area contributed by atoms with Crippen molar-refractivity contribution in [3.63, 3.8) is 0 Å². The highest BCUT2D eigenvalue weighted by Gasteiger charge is 2.28. The number of hydrogen-bond acceptors (Lipinski definition) is 2. The van der Waals surface area contributed by atoms with Crippen LogP contribution in [0.25, 0.3) is 0 Å². The van der Waals surface area contributed by atoms with Crippen LogP contribution in [0.1, 0.15) is 25.0 Å². The zero-order valence-electron chi connectivity index (χ0n) is 13.0. The summed E-state index contributed by atoms with van der Waals surface area (Å²) in [5.74, 6) is -0.0555. The Hall–Kier alpha value is -2.29. The minimum atomic E-state index is -0.700. The molecule has 0 aliphatic carbocycles. The third-order valence-electron chi connectivity index (χ3n) is 3.55. The van der Waals surface area contributed by atoms with Crippen LogP contribution in [0.2, 0.25) is 0 Å². The molecular weight excluding hydrogens is 260 g/mol. The molecule has 0 heterocycles. The molecule has 3 heteroatoms. The molecule has 0 saturated carbocycles. The quantitative estimate of drug-likeness (QED) is 0.885. The van der Waals surface area contributed by atoms with E-state index in [0.717, 1.165) is 22.5 Å². The second-order valence-electron chi connectivity index (χ2n) is 5.83. The summed E-state index contributed by atoms with van der Waals surface area (Å²) in [6.45, 7) is 7.77. The molecule has 0 bridgehead atoms. The van der Waals surface area contributed by atoms with Gasteiger partial charge in [0.1, 0.15) is 5.54 Å². The SMILES string of the molecule is Cc1ccccc1NC(=O)C(C)(C)Nc1ccccc1C. The van der Waals surface area contributed by atoms with Crippen LogP contribution in [0.4, 0.5) is 11.4 Å². The average Bonchev–Trinajstić information content (AvgIpc) is 2.43. The Morgan fingerprint density at radius 2 is 1.33 bits per heavy atom. The lowest BCUT2D eigenvalue weighted by atomic mass is 10.0. The Bertz CT molecular complexity index is 647. The highest BCUT2D eigenvalue weighted by Crippen LogP contribution is 2.21. The first-order chi connectivity index (χ1) is 9.90. The highest BCUT2D eigenvalue weighted by molar-refractivity contribution is 6.00. The average molecular weight is 282 g/mol. The summed E-state index contributed by atoms with van der Waals surface area (Å²) in [5, 5.41) is 6.30. The van der Waals surface area contributed by atoms with E-state index in [1.807, 2.05) is 76.2 Å². The summed E-state index contributed by atoms with van der Waals surface area (Å²) in [6, 6.07) is 15.7. The molecule has 2 aromatic carbocycles. The van der Waals surface area contributed by atoms with E-state index < -0.39 is 5.54 Å². The molecule has 0 radical (unpaired) electrons. The minimum Gasteiger partial charge on any atom is -0.371 e. The molecule has 3 nitrogen and oxygen atoms in total. The van der Waals surface area contributed by atoms with E-state index in [4.69, 9.17) is 0 Å². The van der Waals surface area contributed by atoms with Gasteiger partial charge >= 0.3 is 0 Å². The van der Waals surface area contributed by atoms with Gasteiger partial charge in [-0.1, -0.05) is 36.4 Å². The third-order valence-corrected chi connectivity index (χ3v) is 3.55. The van der Waals surface area contributed by atoms with Gasteiger partial charge in [0.25, 0.3) is 0 Å². The number of rotatable bonds is 4. The number of nitrogens with one attached hydrogen (secondary N) is 2. The molecule has 0 fully saturated rings. The Morgan fingerprint density at radius 1 is 0.857 bits per heavy atom. The maximum atomic E-state index is 12.5. The van der Waals surface area contributed by atoms with Gasteiger partial charge in [0.2, 0.25) is 5.91 Å². The number of aryl methyl sites for hydroxylation is 2. The maximum absolute atomic E-state index is 12.5. The van der Waals surface area contributed by atoms with Crippen LogP contribution in [0.5, 0.6) is 0 Å². The molecule has 21 heavy (non-hydrogen) atoms. The van der Waals surface area contributed by atoms with Gasteiger partial charge in [-0.05, 0) is 51.0 Å². The number of hydrogen-bond donors (Lipinski definition) is 2. The maximum Gasteiger partial charge on any atom is 0.249 e. The first-order valence-electron chi connectivity index (χ1n) is 7.11. The van der Waals surface area contributed by atoms with Crippen molar-refractivity contribution < 1.29 is 4.79 Å². The van der Waals surface area contributed by atoms with Crippen molar-refractivity contribution in [3.05, 3.63) is 59.7 Å². The van der Waals surface area contributed by atoms with Crippen molar-refractivity contribution in [2.45, 2.75) is 33.2 Å². The van der Waals surface area contributed by atoms with E-state index in [9.17, 15) is 4.79 Å². The number of anilines is 2. The number of carbonyl (C=O) groups excluding carboxylic acids is 1. The fourth-order valence-electron chi connectivity index (χ4n) is 2.10. The predicted octanol–water partition coefficient (Wildman–Crippen LogP) is 4.13. The second-order valence-corrected chi connectivity index (χ2v) is 5.83. The second kappa shape index (κ2) is 6.00. The molecule has 2 N–H and O–H groups in total. The molecule has 1 amide bonds. The fraction of sp³-hybridized carbons (Fsp3) is 0.278. The number of para-hydroxylation sites is 2. The van der Waals surface area contributed by atoms with Gasteiger partial charge in [0.15, 0.2) is 0 Å². The van der Waals surface area contributed by atoms with Gasteiger partial charge in [-0.3, -0.25) is 4.79 Å². The van der Waals surface area contributed by atoms with E-state index >= 15 is 0 Å². The first kappa shape index (κ1) is 15.1. The van der Waals surface area contributed by atoms with Gasteiger partial charge in [-0.15, -0.1) is 0 Å². The predicted molar refractivity (Wildman–Crippen MR) is 88.7 cm³/mol. The lowest BCUT2D eigenvalue weighted by molar-refractivity contribution is -0.119. The minimum absolute atomic E-state index is 0.0555. The van der Waals surface area contributed by atoms with Crippen molar-refractivity contribution >= 4 is 17.3 Å². The lowest BCUT2D eigenvalue weighted by Crippen LogP contribution is -2.44. The molecule has 2 aromatic rings. The van der Waals surface area contributed by atoms with Crippen molar-refractivity contribution in [1.29, 1.82) is 0 Å². The van der Waals surface area contributed by atoms with E-state index in [-0.39, 0.29) is 5.91 Å². The molecule has 0 aliphatic rings. The first-order valence-corrected chi connectivity index (χ1v) is 7.11. The van der Waals surface area contributed by atoms with Gasteiger partial charge in [0, 0.05) is 11.4 Å². The summed E-state index contributed by atoms with van der Waals surface area (Å²) in [4.78, 5) is 12.5. The molecule has 0 spiro atoms. The molecule has 0 aromatic heterocycles. The summed E-state index contributed by atoms with van der Waals surface area (Å²) in [5.41, 5.74) is 3.30. The molecule has 0 aliphatic heterocycles. The summed E-state index contributed by atoms with van der Waals surface area (Å²) in [7, 11) is 0. The van der Waals surface area contributed by atoms with Gasteiger partial charge in [-0.2, -0.15) is 0 Å². The van der Waals surface area contributed by atoms with Crippen LogP contribution in [0, 0.1) is 13.8 Å². The van der Waals surface area contributed by atoms with Crippen LogP contribution >= 0.6 is 0 Å². The third kappa shape index (κ3) is 3.63. The van der Waals surface area contributed by atoms with E-state index in [1.165, 1.54) is 0 Å². The molecule has 2 rings (SSSR count). The lowest BCUT2D eigenvalue weighted by Gasteiger charge is -2.27. The highest BCUT2D eigenvalue weighted by atomic mass is 16.2. The smallest absolute Gasteiger partial charge is 0.249 e. The van der Waals surface area contributed by atoms with E-state index in [1.54, 1.807) is 0 Å². The van der Waals surface area contributed by atoms with Gasteiger partial charge in [0.05, 0.1) is 0 Å². The Balaban J connectivity index is 2.14. The van der Waals surface area contributed by atoms with E-state index in [0.29, 0.717) is 0 Å². The summed E-state index contributed by atoms with van der Waals surface area (Å²) < 4.78 is 0. The normalized spacial score (nSPS) is 11.0.